The normalized spacial score (nSPS) is 13.5. The van der Waals surface area contributed by atoms with E-state index in [0.29, 0.717) is 0 Å². The van der Waals surface area contributed by atoms with Crippen molar-refractivity contribution in [1.82, 2.24) is 9.38 Å². The third kappa shape index (κ3) is 1.47. The molecule has 2 heterocycles. The Morgan fingerprint density at radius 2 is 2.38 bits per heavy atom. The molecule has 0 spiro atoms. The average molecular weight is 240 g/mol. The van der Waals surface area contributed by atoms with E-state index in [2.05, 4.69) is 20.9 Å². The Morgan fingerprint density at radius 1 is 1.62 bits per heavy atom. The molecule has 13 heavy (non-hydrogen) atoms. The molecular formula is C9H10BrN3. The molecular weight excluding hydrogens is 230 g/mol. The first kappa shape index (κ1) is 8.72. The van der Waals surface area contributed by atoms with Gasteiger partial charge in [-0.1, -0.05) is 0 Å². The van der Waals surface area contributed by atoms with Crippen LogP contribution in [0.5, 0.6) is 0 Å². The molecule has 0 fully saturated rings. The van der Waals surface area contributed by atoms with E-state index in [1.54, 1.807) is 0 Å². The van der Waals surface area contributed by atoms with Crippen molar-refractivity contribution in [3.63, 3.8) is 0 Å². The van der Waals surface area contributed by atoms with E-state index >= 15 is 0 Å². The Labute approximate surface area is 84.7 Å². The molecule has 2 N–H and O–H groups in total. The number of hydrogen-bond acceptors (Lipinski definition) is 2. The minimum Gasteiger partial charge on any atom is -0.323 e. The predicted molar refractivity (Wildman–Crippen MR) is 55.5 cm³/mol. The maximum atomic E-state index is 5.74. The number of nitrogens with zero attached hydrogens (tertiary/aromatic N) is 2. The van der Waals surface area contributed by atoms with Crippen LogP contribution in [0.25, 0.3) is 5.65 Å². The molecule has 0 aliphatic heterocycles. The van der Waals surface area contributed by atoms with Gasteiger partial charge in [0.05, 0.1) is 10.2 Å². The lowest BCUT2D eigenvalue weighted by Crippen LogP contribution is -2.04. The van der Waals surface area contributed by atoms with Crippen LogP contribution >= 0.6 is 15.9 Å². The Morgan fingerprint density at radius 3 is 3.00 bits per heavy atom. The van der Waals surface area contributed by atoms with Crippen LogP contribution in [0, 0.1) is 0 Å². The summed E-state index contributed by atoms with van der Waals surface area (Å²) in [6.45, 7) is 1.93. The van der Waals surface area contributed by atoms with Gasteiger partial charge in [0.2, 0.25) is 0 Å². The lowest BCUT2D eigenvalue weighted by atomic mass is 10.3. The number of halogens is 1. The largest absolute Gasteiger partial charge is 0.323 e. The maximum absolute atomic E-state index is 5.74. The van der Waals surface area contributed by atoms with Crippen molar-refractivity contribution >= 4 is 21.6 Å². The summed E-state index contributed by atoms with van der Waals surface area (Å²) in [5.74, 6) is 0. The maximum Gasteiger partial charge on any atom is 0.151 e. The molecule has 0 saturated carbocycles. The number of fused-ring (bicyclic) bond motifs is 1. The van der Waals surface area contributed by atoms with Gasteiger partial charge in [0, 0.05) is 18.4 Å². The zero-order valence-corrected chi connectivity index (χ0v) is 8.82. The number of imidazole rings is 1. The van der Waals surface area contributed by atoms with Crippen LogP contribution in [0.4, 0.5) is 0 Å². The minimum absolute atomic E-state index is 0.0215. The molecule has 0 unspecified atom stereocenters. The first-order chi connectivity index (χ1) is 6.18. The van der Waals surface area contributed by atoms with Crippen LogP contribution in [-0.2, 0) is 0 Å². The van der Waals surface area contributed by atoms with E-state index in [-0.39, 0.29) is 6.04 Å². The highest BCUT2D eigenvalue weighted by Gasteiger charge is 2.06. The van der Waals surface area contributed by atoms with Gasteiger partial charge in [-0.15, -0.1) is 0 Å². The van der Waals surface area contributed by atoms with Gasteiger partial charge >= 0.3 is 0 Å². The zero-order chi connectivity index (χ0) is 9.42. The SMILES string of the molecule is C[C@H](N)c1cn2cccc(Br)c2n1. The Balaban J connectivity index is 2.68. The number of aromatic nitrogens is 2. The van der Waals surface area contributed by atoms with Gasteiger partial charge in [-0.2, -0.15) is 0 Å². The van der Waals surface area contributed by atoms with Crippen molar-refractivity contribution in [3.05, 3.63) is 34.7 Å². The van der Waals surface area contributed by atoms with Crippen LogP contribution < -0.4 is 5.73 Å². The van der Waals surface area contributed by atoms with Gasteiger partial charge in [0.15, 0.2) is 5.65 Å². The third-order valence-corrected chi connectivity index (χ3v) is 2.54. The van der Waals surface area contributed by atoms with Crippen LogP contribution in [0.2, 0.25) is 0 Å². The van der Waals surface area contributed by atoms with Gasteiger partial charge < -0.3 is 10.1 Å². The fraction of sp³-hybridized carbons (Fsp3) is 0.222. The van der Waals surface area contributed by atoms with Crippen molar-refractivity contribution in [2.24, 2.45) is 5.73 Å². The van der Waals surface area contributed by atoms with Gasteiger partial charge in [0.1, 0.15) is 0 Å². The highest BCUT2D eigenvalue weighted by molar-refractivity contribution is 9.10. The standard InChI is InChI=1S/C9H10BrN3/c1-6(11)8-5-13-4-2-3-7(10)9(13)12-8/h2-6H,11H2,1H3/t6-/m0/s1. The molecule has 1 atom stereocenters. The van der Waals surface area contributed by atoms with Crippen molar-refractivity contribution < 1.29 is 0 Å². The van der Waals surface area contributed by atoms with Crippen LogP contribution in [0.3, 0.4) is 0 Å². The zero-order valence-electron chi connectivity index (χ0n) is 7.24. The third-order valence-electron chi connectivity index (χ3n) is 1.92. The van der Waals surface area contributed by atoms with E-state index < -0.39 is 0 Å². The second kappa shape index (κ2) is 3.12. The summed E-state index contributed by atoms with van der Waals surface area (Å²) in [6, 6.07) is 3.91. The fourth-order valence-electron chi connectivity index (χ4n) is 1.22. The molecule has 68 valence electrons. The lowest BCUT2D eigenvalue weighted by molar-refractivity contribution is 0.790. The first-order valence-corrected chi connectivity index (χ1v) is 4.86. The summed E-state index contributed by atoms with van der Waals surface area (Å²) in [5.41, 5.74) is 7.56. The topological polar surface area (TPSA) is 43.3 Å². The summed E-state index contributed by atoms with van der Waals surface area (Å²) < 4.78 is 2.95. The molecule has 3 nitrogen and oxygen atoms in total. The van der Waals surface area contributed by atoms with Crippen LogP contribution in [-0.4, -0.2) is 9.38 Å². The monoisotopic (exact) mass is 239 g/mol. The quantitative estimate of drug-likeness (QED) is 0.829. The average Bonchev–Trinajstić information content (AvgIpc) is 2.49. The Kier molecular flexibility index (Phi) is 2.09. The van der Waals surface area contributed by atoms with E-state index in [1.165, 1.54) is 0 Å². The highest BCUT2D eigenvalue weighted by Crippen LogP contribution is 2.18. The lowest BCUT2D eigenvalue weighted by Gasteiger charge is -1.95. The molecule has 0 amide bonds. The number of nitrogens with two attached hydrogens (primary N) is 1. The van der Waals surface area contributed by atoms with E-state index in [0.717, 1.165) is 15.8 Å². The number of pyridine rings is 1. The number of hydrogen-bond donors (Lipinski definition) is 1. The fourth-order valence-corrected chi connectivity index (χ4v) is 1.66. The van der Waals surface area contributed by atoms with E-state index in [4.69, 9.17) is 5.73 Å². The van der Waals surface area contributed by atoms with E-state index in [1.807, 2.05) is 35.9 Å². The Bertz CT molecular complexity index is 433. The molecule has 0 aliphatic rings. The summed E-state index contributed by atoms with van der Waals surface area (Å²) in [7, 11) is 0. The predicted octanol–water partition coefficient (Wildman–Crippen LogP) is 2.12. The van der Waals surface area contributed by atoms with Gasteiger partial charge in [-0.05, 0) is 35.0 Å². The van der Waals surface area contributed by atoms with E-state index in [9.17, 15) is 0 Å². The second-order valence-corrected chi connectivity index (χ2v) is 3.90. The summed E-state index contributed by atoms with van der Waals surface area (Å²) >= 11 is 3.44. The van der Waals surface area contributed by atoms with Crippen LogP contribution in [0.15, 0.2) is 29.0 Å². The molecule has 0 saturated heterocycles. The molecule has 2 aromatic heterocycles. The van der Waals surface area contributed by atoms with Crippen molar-refractivity contribution in [3.8, 4) is 0 Å². The molecule has 0 bridgehead atoms. The molecule has 4 heteroatoms. The van der Waals surface area contributed by atoms with Gasteiger partial charge in [-0.3, -0.25) is 0 Å². The molecule has 0 radical (unpaired) electrons. The molecule has 0 aliphatic carbocycles. The van der Waals surface area contributed by atoms with Gasteiger partial charge in [0.25, 0.3) is 0 Å². The smallest absolute Gasteiger partial charge is 0.151 e. The second-order valence-electron chi connectivity index (χ2n) is 3.04. The first-order valence-electron chi connectivity index (χ1n) is 4.07. The highest BCUT2D eigenvalue weighted by atomic mass is 79.9. The summed E-state index contributed by atoms with van der Waals surface area (Å²) in [4.78, 5) is 4.40. The minimum atomic E-state index is -0.0215. The molecule has 0 aromatic carbocycles. The molecule has 2 aromatic rings. The van der Waals surface area contributed by atoms with Crippen LogP contribution in [0.1, 0.15) is 18.7 Å². The summed E-state index contributed by atoms with van der Waals surface area (Å²) in [5, 5.41) is 0. The van der Waals surface area contributed by atoms with Crippen molar-refractivity contribution in [1.29, 1.82) is 0 Å². The summed E-state index contributed by atoms with van der Waals surface area (Å²) in [6.07, 6.45) is 3.91. The van der Waals surface area contributed by atoms with Crippen molar-refractivity contribution in [2.75, 3.05) is 0 Å². The van der Waals surface area contributed by atoms with Crippen molar-refractivity contribution in [2.45, 2.75) is 13.0 Å². The van der Waals surface area contributed by atoms with Gasteiger partial charge in [-0.25, -0.2) is 4.98 Å². The Hall–Kier alpha value is -0.870. The molecule has 2 rings (SSSR count). The number of rotatable bonds is 1.